The normalized spacial score (nSPS) is 20.5. The minimum atomic E-state index is 0.212. The third-order valence-electron chi connectivity index (χ3n) is 4.50. The SMILES string of the molecule is CCC(CC)(CC)CNC(=O)CC1CCCN1. The average Bonchev–Trinajstić information content (AvgIpc) is 2.84. The Bertz CT molecular complexity index is 222. The van der Waals surface area contributed by atoms with Gasteiger partial charge < -0.3 is 10.6 Å². The van der Waals surface area contributed by atoms with Gasteiger partial charge in [0.15, 0.2) is 0 Å². The maximum absolute atomic E-state index is 11.8. The third-order valence-corrected chi connectivity index (χ3v) is 4.50. The molecule has 0 aliphatic carbocycles. The Balaban J connectivity index is 2.30. The van der Waals surface area contributed by atoms with Gasteiger partial charge in [-0.1, -0.05) is 20.8 Å². The summed E-state index contributed by atoms with van der Waals surface area (Å²) in [5.41, 5.74) is 0.304. The first-order chi connectivity index (χ1) is 8.15. The van der Waals surface area contributed by atoms with Gasteiger partial charge in [-0.25, -0.2) is 0 Å². The lowest BCUT2D eigenvalue weighted by atomic mass is 9.80. The predicted molar refractivity (Wildman–Crippen MR) is 72.0 cm³/mol. The summed E-state index contributed by atoms with van der Waals surface area (Å²) in [6, 6.07) is 0.411. The molecule has 0 aromatic rings. The number of carbonyl (C=O) groups is 1. The van der Waals surface area contributed by atoms with Crippen LogP contribution in [-0.2, 0) is 4.79 Å². The first-order valence-electron chi connectivity index (χ1n) is 7.16. The Labute approximate surface area is 106 Å². The zero-order chi connectivity index (χ0) is 12.7. The van der Waals surface area contributed by atoms with Crippen molar-refractivity contribution in [2.45, 2.75) is 65.3 Å². The minimum absolute atomic E-state index is 0.212. The van der Waals surface area contributed by atoms with Crippen LogP contribution in [0.5, 0.6) is 0 Å². The summed E-state index contributed by atoms with van der Waals surface area (Å²) in [4.78, 5) is 11.8. The highest BCUT2D eigenvalue weighted by atomic mass is 16.1. The number of amides is 1. The van der Waals surface area contributed by atoms with E-state index in [9.17, 15) is 4.79 Å². The second-order valence-corrected chi connectivity index (χ2v) is 5.33. The molecule has 1 unspecified atom stereocenters. The Morgan fingerprint density at radius 3 is 2.41 bits per heavy atom. The van der Waals surface area contributed by atoms with E-state index in [2.05, 4.69) is 31.4 Å². The van der Waals surface area contributed by atoms with Gasteiger partial charge in [0, 0.05) is 19.0 Å². The summed E-state index contributed by atoms with van der Waals surface area (Å²) < 4.78 is 0. The van der Waals surface area contributed by atoms with Gasteiger partial charge in [0.2, 0.25) is 5.91 Å². The smallest absolute Gasteiger partial charge is 0.221 e. The maximum atomic E-state index is 11.8. The molecule has 1 aliphatic rings. The molecule has 1 atom stereocenters. The van der Waals surface area contributed by atoms with Crippen molar-refractivity contribution in [2.24, 2.45) is 5.41 Å². The van der Waals surface area contributed by atoms with E-state index in [1.165, 1.54) is 6.42 Å². The molecule has 17 heavy (non-hydrogen) atoms. The van der Waals surface area contributed by atoms with Gasteiger partial charge in [-0.3, -0.25) is 4.79 Å². The largest absolute Gasteiger partial charge is 0.355 e. The van der Waals surface area contributed by atoms with E-state index in [1.54, 1.807) is 0 Å². The number of hydrogen-bond donors (Lipinski definition) is 2. The lowest BCUT2D eigenvalue weighted by Gasteiger charge is -2.30. The zero-order valence-corrected chi connectivity index (χ0v) is 11.6. The first-order valence-corrected chi connectivity index (χ1v) is 7.16. The standard InChI is InChI=1S/C14H28N2O/c1-4-14(5-2,6-3)11-16-13(17)10-12-8-7-9-15-12/h12,15H,4-11H2,1-3H3,(H,16,17). The van der Waals surface area contributed by atoms with E-state index < -0.39 is 0 Å². The molecule has 1 heterocycles. The Kier molecular flexibility index (Phi) is 5.96. The molecule has 3 heteroatoms. The fraction of sp³-hybridized carbons (Fsp3) is 0.929. The minimum Gasteiger partial charge on any atom is -0.355 e. The van der Waals surface area contributed by atoms with E-state index in [4.69, 9.17) is 0 Å². The zero-order valence-electron chi connectivity index (χ0n) is 11.6. The van der Waals surface area contributed by atoms with Crippen LogP contribution in [0.25, 0.3) is 0 Å². The van der Waals surface area contributed by atoms with Gasteiger partial charge in [0.25, 0.3) is 0 Å². The van der Waals surface area contributed by atoms with Gasteiger partial charge in [-0.15, -0.1) is 0 Å². The number of carbonyl (C=O) groups excluding carboxylic acids is 1. The second-order valence-electron chi connectivity index (χ2n) is 5.33. The average molecular weight is 240 g/mol. The molecule has 1 rings (SSSR count). The van der Waals surface area contributed by atoms with Crippen LogP contribution in [0.3, 0.4) is 0 Å². The van der Waals surface area contributed by atoms with Crippen molar-refractivity contribution < 1.29 is 4.79 Å². The summed E-state index contributed by atoms with van der Waals surface area (Å²) in [6.45, 7) is 8.57. The molecular formula is C14H28N2O. The van der Waals surface area contributed by atoms with E-state index in [0.717, 1.165) is 38.8 Å². The highest BCUT2D eigenvalue weighted by Crippen LogP contribution is 2.29. The molecule has 100 valence electrons. The Hall–Kier alpha value is -0.570. The fourth-order valence-corrected chi connectivity index (χ4v) is 2.64. The highest BCUT2D eigenvalue weighted by Gasteiger charge is 2.25. The van der Waals surface area contributed by atoms with Crippen LogP contribution >= 0.6 is 0 Å². The molecule has 0 bridgehead atoms. The molecule has 2 N–H and O–H groups in total. The Morgan fingerprint density at radius 1 is 1.29 bits per heavy atom. The summed E-state index contributed by atoms with van der Waals surface area (Å²) in [6.07, 6.45) is 6.42. The van der Waals surface area contributed by atoms with Crippen LogP contribution in [0.1, 0.15) is 59.3 Å². The number of rotatable bonds is 7. The fourth-order valence-electron chi connectivity index (χ4n) is 2.64. The maximum Gasteiger partial charge on any atom is 0.221 e. The van der Waals surface area contributed by atoms with Crippen molar-refractivity contribution in [1.29, 1.82) is 0 Å². The van der Waals surface area contributed by atoms with Gasteiger partial charge in [0.05, 0.1) is 0 Å². The van der Waals surface area contributed by atoms with Crippen molar-refractivity contribution in [3.63, 3.8) is 0 Å². The van der Waals surface area contributed by atoms with Crippen molar-refractivity contribution in [3.8, 4) is 0 Å². The van der Waals surface area contributed by atoms with E-state index in [-0.39, 0.29) is 5.91 Å². The predicted octanol–water partition coefficient (Wildman–Crippen LogP) is 2.46. The molecule has 0 aromatic carbocycles. The van der Waals surface area contributed by atoms with Crippen LogP contribution < -0.4 is 10.6 Å². The van der Waals surface area contributed by atoms with Gasteiger partial charge in [0.1, 0.15) is 0 Å². The van der Waals surface area contributed by atoms with Crippen molar-refractivity contribution in [2.75, 3.05) is 13.1 Å². The monoisotopic (exact) mass is 240 g/mol. The van der Waals surface area contributed by atoms with Crippen LogP contribution in [-0.4, -0.2) is 25.0 Å². The van der Waals surface area contributed by atoms with E-state index >= 15 is 0 Å². The van der Waals surface area contributed by atoms with E-state index in [0.29, 0.717) is 17.9 Å². The summed E-state index contributed by atoms with van der Waals surface area (Å²) in [5.74, 6) is 0.212. The van der Waals surface area contributed by atoms with Crippen LogP contribution in [0.4, 0.5) is 0 Å². The summed E-state index contributed by atoms with van der Waals surface area (Å²) in [7, 11) is 0. The molecule has 0 radical (unpaired) electrons. The van der Waals surface area contributed by atoms with Crippen LogP contribution in [0.2, 0.25) is 0 Å². The summed E-state index contributed by atoms with van der Waals surface area (Å²) >= 11 is 0. The van der Waals surface area contributed by atoms with Crippen LogP contribution in [0.15, 0.2) is 0 Å². The summed E-state index contributed by atoms with van der Waals surface area (Å²) in [5, 5.41) is 6.49. The third kappa shape index (κ3) is 4.30. The number of nitrogens with one attached hydrogen (secondary N) is 2. The van der Waals surface area contributed by atoms with Gasteiger partial charge in [-0.05, 0) is 44.1 Å². The van der Waals surface area contributed by atoms with Crippen molar-refractivity contribution >= 4 is 5.91 Å². The molecule has 0 spiro atoms. The van der Waals surface area contributed by atoms with E-state index in [1.807, 2.05) is 0 Å². The molecule has 1 saturated heterocycles. The molecule has 1 fully saturated rings. The lowest BCUT2D eigenvalue weighted by molar-refractivity contribution is -0.122. The van der Waals surface area contributed by atoms with Crippen molar-refractivity contribution in [1.82, 2.24) is 10.6 Å². The topological polar surface area (TPSA) is 41.1 Å². The molecule has 0 aromatic heterocycles. The first kappa shape index (κ1) is 14.5. The quantitative estimate of drug-likeness (QED) is 0.718. The molecular weight excluding hydrogens is 212 g/mol. The van der Waals surface area contributed by atoms with Crippen LogP contribution in [0, 0.1) is 5.41 Å². The Morgan fingerprint density at radius 2 is 1.94 bits per heavy atom. The molecule has 0 saturated carbocycles. The second kappa shape index (κ2) is 7.00. The van der Waals surface area contributed by atoms with Gasteiger partial charge in [-0.2, -0.15) is 0 Å². The lowest BCUT2D eigenvalue weighted by Crippen LogP contribution is -2.39. The highest BCUT2D eigenvalue weighted by molar-refractivity contribution is 5.76. The molecule has 3 nitrogen and oxygen atoms in total. The van der Waals surface area contributed by atoms with Crippen molar-refractivity contribution in [3.05, 3.63) is 0 Å². The molecule has 1 aliphatic heterocycles. The van der Waals surface area contributed by atoms with Gasteiger partial charge >= 0.3 is 0 Å². The molecule has 1 amide bonds. The number of hydrogen-bond acceptors (Lipinski definition) is 2.